The van der Waals surface area contributed by atoms with Gasteiger partial charge in [0, 0.05) is 0 Å². The van der Waals surface area contributed by atoms with Crippen molar-refractivity contribution in [2.24, 2.45) is 0 Å². The summed E-state index contributed by atoms with van der Waals surface area (Å²) >= 11 is 0. The smallest absolute Gasteiger partial charge is 0.407 e. The van der Waals surface area contributed by atoms with Crippen LogP contribution in [0.2, 0.25) is 0 Å². The molecule has 0 spiro atoms. The number of carbonyl (C=O) groups excluding carboxylic acids is 1. The van der Waals surface area contributed by atoms with Crippen LogP contribution in [0.25, 0.3) is 0 Å². The Kier molecular flexibility index (Phi) is 1.93. The van der Waals surface area contributed by atoms with Crippen LogP contribution in [0.1, 0.15) is 17.2 Å². The van der Waals surface area contributed by atoms with Gasteiger partial charge in [-0.3, -0.25) is 0 Å². The predicted octanol–water partition coefficient (Wildman–Crippen LogP) is 1.58. The molecule has 1 aromatic rings. The van der Waals surface area contributed by atoms with Gasteiger partial charge in [-0.2, -0.15) is 0 Å². The molecule has 1 N–H and O–H groups in total. The molecule has 1 fully saturated rings. The maximum absolute atomic E-state index is 10.8. The summed E-state index contributed by atoms with van der Waals surface area (Å²) < 4.78 is 4.80. The average Bonchev–Trinajstić information content (AvgIpc) is 2.52. The second-order valence-corrected chi connectivity index (χ2v) is 3.10. The summed E-state index contributed by atoms with van der Waals surface area (Å²) in [4.78, 5) is 10.8. The van der Waals surface area contributed by atoms with Crippen molar-refractivity contribution in [1.82, 2.24) is 5.32 Å². The lowest BCUT2D eigenvalue weighted by Gasteiger charge is -2.07. The highest BCUT2D eigenvalue weighted by molar-refractivity contribution is 5.70. The number of hydrogen-bond acceptors (Lipinski definition) is 2. The third-order valence-corrected chi connectivity index (χ3v) is 2.05. The van der Waals surface area contributed by atoms with Crippen molar-refractivity contribution in [3.05, 3.63) is 35.4 Å². The first-order valence-corrected chi connectivity index (χ1v) is 4.17. The van der Waals surface area contributed by atoms with E-state index in [1.165, 1.54) is 0 Å². The molecule has 1 atom stereocenters. The molecule has 1 amide bonds. The molecule has 2 rings (SSSR count). The summed E-state index contributed by atoms with van der Waals surface area (Å²) in [5.41, 5.74) is 2.14. The maximum Gasteiger partial charge on any atom is 0.407 e. The first kappa shape index (κ1) is 8.10. The second kappa shape index (κ2) is 3.09. The van der Waals surface area contributed by atoms with Crippen molar-refractivity contribution in [1.29, 1.82) is 0 Å². The first-order valence-electron chi connectivity index (χ1n) is 4.17. The molecule has 1 aromatic carbocycles. The van der Waals surface area contributed by atoms with Gasteiger partial charge in [0.1, 0.15) is 6.61 Å². The van der Waals surface area contributed by atoms with Crippen LogP contribution in [0.3, 0.4) is 0 Å². The Labute approximate surface area is 76.7 Å². The third kappa shape index (κ3) is 1.64. The quantitative estimate of drug-likeness (QED) is 0.705. The van der Waals surface area contributed by atoms with Crippen molar-refractivity contribution < 1.29 is 9.53 Å². The Morgan fingerprint density at radius 1 is 1.69 bits per heavy atom. The van der Waals surface area contributed by atoms with E-state index in [1.54, 1.807) is 0 Å². The summed E-state index contributed by atoms with van der Waals surface area (Å²) in [6.07, 6.45) is -0.338. The molecule has 0 bridgehead atoms. The Balaban J connectivity index is 2.21. The molecular formula is C10H10NO2. The van der Waals surface area contributed by atoms with E-state index in [1.807, 2.05) is 25.1 Å². The van der Waals surface area contributed by atoms with Gasteiger partial charge in [-0.15, -0.1) is 0 Å². The third-order valence-electron chi connectivity index (χ3n) is 2.05. The molecule has 1 unspecified atom stereocenters. The Morgan fingerprint density at radius 3 is 3.15 bits per heavy atom. The fraction of sp³-hybridized carbons (Fsp3) is 0.300. The lowest BCUT2D eigenvalue weighted by atomic mass is 10.1. The SMILES string of the molecule is Cc1[c]ccc(C2COC(=O)N2)c1. The van der Waals surface area contributed by atoms with Crippen LogP contribution >= 0.6 is 0 Å². The number of amides is 1. The lowest BCUT2D eigenvalue weighted by Crippen LogP contribution is -2.18. The van der Waals surface area contributed by atoms with Gasteiger partial charge in [-0.1, -0.05) is 18.2 Å². The lowest BCUT2D eigenvalue weighted by molar-refractivity contribution is 0.177. The molecule has 1 aliphatic rings. The summed E-state index contributed by atoms with van der Waals surface area (Å²) in [5, 5.41) is 2.72. The molecule has 1 radical (unpaired) electrons. The van der Waals surface area contributed by atoms with Crippen LogP contribution in [-0.4, -0.2) is 12.7 Å². The summed E-state index contributed by atoms with van der Waals surface area (Å²) in [5.74, 6) is 0. The standard InChI is InChI=1S/C10H10NO2/c1-7-3-2-4-8(5-7)9-6-13-10(12)11-9/h2,4-5,9H,6H2,1H3,(H,11,12). The van der Waals surface area contributed by atoms with Crippen LogP contribution in [0.15, 0.2) is 18.2 Å². The normalized spacial score (nSPS) is 21.0. The van der Waals surface area contributed by atoms with E-state index in [0.29, 0.717) is 6.61 Å². The average molecular weight is 176 g/mol. The van der Waals surface area contributed by atoms with Gasteiger partial charge in [-0.05, 0) is 24.1 Å². The highest BCUT2D eigenvalue weighted by Gasteiger charge is 2.23. The van der Waals surface area contributed by atoms with E-state index < -0.39 is 0 Å². The van der Waals surface area contributed by atoms with E-state index in [9.17, 15) is 4.79 Å². The maximum atomic E-state index is 10.8. The summed E-state index contributed by atoms with van der Waals surface area (Å²) in [7, 11) is 0. The van der Waals surface area contributed by atoms with Gasteiger partial charge in [0.15, 0.2) is 0 Å². The number of ether oxygens (including phenoxy) is 1. The minimum absolute atomic E-state index is 0.000741. The van der Waals surface area contributed by atoms with Crippen LogP contribution in [-0.2, 0) is 4.74 Å². The second-order valence-electron chi connectivity index (χ2n) is 3.10. The largest absolute Gasteiger partial charge is 0.447 e. The molecule has 0 aromatic heterocycles. The van der Waals surface area contributed by atoms with E-state index in [2.05, 4.69) is 11.4 Å². The van der Waals surface area contributed by atoms with Gasteiger partial charge in [0.2, 0.25) is 0 Å². The monoisotopic (exact) mass is 176 g/mol. The number of cyclic esters (lactones) is 1. The minimum atomic E-state index is -0.338. The zero-order valence-corrected chi connectivity index (χ0v) is 7.33. The van der Waals surface area contributed by atoms with E-state index in [4.69, 9.17) is 4.74 Å². The fourth-order valence-corrected chi connectivity index (χ4v) is 1.39. The highest BCUT2D eigenvalue weighted by atomic mass is 16.6. The molecule has 3 nitrogen and oxygen atoms in total. The van der Waals surface area contributed by atoms with Crippen molar-refractivity contribution in [2.75, 3.05) is 6.61 Å². The Bertz CT molecular complexity index is 335. The van der Waals surface area contributed by atoms with Crippen molar-refractivity contribution in [3.8, 4) is 0 Å². The Hall–Kier alpha value is -1.51. The van der Waals surface area contributed by atoms with E-state index in [0.717, 1.165) is 11.1 Å². The van der Waals surface area contributed by atoms with Crippen LogP contribution < -0.4 is 5.32 Å². The summed E-state index contributed by atoms with van der Waals surface area (Å²) in [6, 6.07) is 8.85. The minimum Gasteiger partial charge on any atom is -0.447 e. The molecule has 0 saturated carbocycles. The van der Waals surface area contributed by atoms with Crippen LogP contribution in [0, 0.1) is 13.0 Å². The van der Waals surface area contributed by atoms with Gasteiger partial charge in [-0.25, -0.2) is 4.79 Å². The number of aryl methyl sites for hydroxylation is 1. The summed E-state index contributed by atoms with van der Waals surface area (Å²) in [6.45, 7) is 2.39. The van der Waals surface area contributed by atoms with Crippen LogP contribution in [0.4, 0.5) is 4.79 Å². The molecule has 1 aliphatic heterocycles. The zero-order valence-electron chi connectivity index (χ0n) is 7.33. The number of benzene rings is 1. The van der Waals surface area contributed by atoms with Gasteiger partial charge >= 0.3 is 6.09 Å². The van der Waals surface area contributed by atoms with Crippen molar-refractivity contribution in [2.45, 2.75) is 13.0 Å². The number of alkyl carbamates (subject to hydrolysis) is 1. The predicted molar refractivity (Wildman–Crippen MR) is 47.2 cm³/mol. The number of hydrogen-bond donors (Lipinski definition) is 1. The van der Waals surface area contributed by atoms with Gasteiger partial charge in [0.25, 0.3) is 0 Å². The number of rotatable bonds is 1. The van der Waals surface area contributed by atoms with Crippen LogP contribution in [0.5, 0.6) is 0 Å². The molecule has 1 heterocycles. The molecule has 3 heteroatoms. The van der Waals surface area contributed by atoms with Crippen molar-refractivity contribution >= 4 is 6.09 Å². The van der Waals surface area contributed by atoms with Gasteiger partial charge in [0.05, 0.1) is 6.04 Å². The fourth-order valence-electron chi connectivity index (χ4n) is 1.39. The molecule has 1 saturated heterocycles. The van der Waals surface area contributed by atoms with E-state index >= 15 is 0 Å². The number of nitrogens with one attached hydrogen (secondary N) is 1. The number of carbonyl (C=O) groups is 1. The first-order chi connectivity index (χ1) is 6.25. The Morgan fingerprint density at radius 2 is 2.54 bits per heavy atom. The molecule has 67 valence electrons. The molecule has 13 heavy (non-hydrogen) atoms. The molecular weight excluding hydrogens is 166 g/mol. The topological polar surface area (TPSA) is 38.3 Å². The van der Waals surface area contributed by atoms with Crippen molar-refractivity contribution in [3.63, 3.8) is 0 Å². The molecule has 0 aliphatic carbocycles. The van der Waals surface area contributed by atoms with Gasteiger partial charge < -0.3 is 10.1 Å². The zero-order chi connectivity index (χ0) is 9.26. The van der Waals surface area contributed by atoms with E-state index in [-0.39, 0.29) is 12.1 Å². The highest BCUT2D eigenvalue weighted by Crippen LogP contribution is 2.18.